The molecule has 11 heteroatoms. The van der Waals surface area contributed by atoms with Crippen molar-refractivity contribution in [2.45, 2.75) is 23.6 Å². The number of carbonyl (C=O) groups is 2. The Bertz CT molecular complexity index is 1050. The number of thiol groups is 1. The summed E-state index contributed by atoms with van der Waals surface area (Å²) in [5.41, 5.74) is -0.145. The number of amides is 2. The van der Waals surface area contributed by atoms with E-state index < -0.39 is 47.6 Å². The van der Waals surface area contributed by atoms with Gasteiger partial charge in [-0.2, -0.15) is 12.6 Å². The molecule has 0 saturated carbocycles. The van der Waals surface area contributed by atoms with Crippen LogP contribution in [0.4, 0.5) is 5.69 Å². The van der Waals surface area contributed by atoms with Crippen molar-refractivity contribution in [2.24, 2.45) is 0 Å². The van der Waals surface area contributed by atoms with Crippen molar-refractivity contribution in [3.8, 4) is 11.5 Å². The third-order valence-electron chi connectivity index (χ3n) is 4.79. The number of rotatable bonds is 8. The van der Waals surface area contributed by atoms with Gasteiger partial charge in [0, 0.05) is 0 Å². The van der Waals surface area contributed by atoms with Crippen LogP contribution in [-0.2, 0) is 9.59 Å². The molecule has 0 aromatic heterocycles. The fourth-order valence-electron chi connectivity index (χ4n) is 3.01. The van der Waals surface area contributed by atoms with Crippen LogP contribution in [0.3, 0.4) is 0 Å². The van der Waals surface area contributed by atoms with Gasteiger partial charge in [0.1, 0.15) is 29.3 Å². The molecule has 0 aliphatic carbocycles. The first-order valence-electron chi connectivity index (χ1n) is 9.80. The van der Waals surface area contributed by atoms with Crippen molar-refractivity contribution < 1.29 is 34.8 Å². The molecule has 2 amide bonds. The predicted molar refractivity (Wildman–Crippen MR) is 127 cm³/mol. The van der Waals surface area contributed by atoms with Crippen molar-refractivity contribution in [2.75, 3.05) is 11.5 Å². The molecule has 2 aromatic carbocycles. The minimum absolute atomic E-state index is 0.162. The number of benzene rings is 2. The summed E-state index contributed by atoms with van der Waals surface area (Å²) in [4.78, 5) is 26.4. The maximum atomic E-state index is 13.0. The summed E-state index contributed by atoms with van der Waals surface area (Å²) in [6.07, 6.45) is -4.38. The van der Waals surface area contributed by atoms with E-state index in [0.29, 0.717) is 17.2 Å². The van der Waals surface area contributed by atoms with Crippen LogP contribution in [0, 0.1) is 0 Å². The van der Waals surface area contributed by atoms with E-state index in [4.69, 9.17) is 22.1 Å². The summed E-state index contributed by atoms with van der Waals surface area (Å²) >= 11 is 9.04. The second kappa shape index (κ2) is 10.9. The summed E-state index contributed by atoms with van der Waals surface area (Å²) in [5, 5.41) is 40.4. The number of nitrogens with zero attached hydrogens (tertiary/aromatic N) is 1. The normalized spacial score (nSPS) is 19.1. The lowest BCUT2D eigenvalue weighted by molar-refractivity contribution is -0.122. The summed E-state index contributed by atoms with van der Waals surface area (Å²) in [6, 6.07) is 15.5. The number of thiocarbonyl (C=S) groups is 1. The van der Waals surface area contributed by atoms with Gasteiger partial charge in [-0.1, -0.05) is 18.2 Å². The molecule has 0 unspecified atom stereocenters. The third-order valence-corrected chi connectivity index (χ3v) is 5.55. The predicted octanol–water partition coefficient (Wildman–Crippen LogP) is 0.526. The zero-order chi connectivity index (χ0) is 24.1. The lowest BCUT2D eigenvalue weighted by atomic mass is 10.0. The second-order valence-corrected chi connectivity index (χ2v) is 8.16. The second-order valence-electron chi connectivity index (χ2n) is 7.11. The van der Waals surface area contributed by atoms with E-state index in [1.807, 2.05) is 18.2 Å². The number of anilines is 1. The number of nitrogens with one attached hydrogen (secondary N) is 1. The van der Waals surface area contributed by atoms with E-state index in [1.54, 1.807) is 36.4 Å². The summed E-state index contributed by atoms with van der Waals surface area (Å²) < 4.78 is 5.72. The molecule has 9 nitrogen and oxygen atoms in total. The van der Waals surface area contributed by atoms with Crippen molar-refractivity contribution in [3.05, 3.63) is 66.2 Å². The van der Waals surface area contributed by atoms with Gasteiger partial charge in [-0.3, -0.25) is 19.8 Å². The average Bonchev–Trinajstić information content (AvgIpc) is 2.81. The third kappa shape index (κ3) is 5.77. The zero-order valence-electron chi connectivity index (χ0n) is 17.1. The van der Waals surface area contributed by atoms with E-state index in [9.17, 15) is 24.9 Å². The highest BCUT2D eigenvalue weighted by atomic mass is 32.1. The number of hydrogen-bond donors (Lipinski definition) is 6. The largest absolute Gasteiger partial charge is 0.457 e. The minimum atomic E-state index is -1.80. The van der Waals surface area contributed by atoms with Gasteiger partial charge in [-0.05, 0) is 54.7 Å². The van der Waals surface area contributed by atoms with Crippen molar-refractivity contribution in [3.63, 3.8) is 0 Å². The van der Waals surface area contributed by atoms with Crippen LogP contribution >= 0.6 is 24.8 Å². The Hall–Kier alpha value is -2.80. The van der Waals surface area contributed by atoms with E-state index >= 15 is 0 Å². The Morgan fingerprint density at radius 3 is 2.21 bits per heavy atom. The van der Waals surface area contributed by atoms with Gasteiger partial charge in [0.05, 0.1) is 23.6 Å². The summed E-state index contributed by atoms with van der Waals surface area (Å²) in [7, 11) is 0. The van der Waals surface area contributed by atoms with Crippen LogP contribution < -0.4 is 15.0 Å². The van der Waals surface area contributed by atoms with E-state index in [2.05, 4.69) is 17.9 Å². The van der Waals surface area contributed by atoms with E-state index in [0.717, 1.165) is 11.0 Å². The number of hydrogen-bond acceptors (Lipinski definition) is 9. The topological polar surface area (TPSA) is 140 Å². The number of carbonyl (C=O) groups excluding carboxylic acids is 2. The standard InChI is InChI=1S/C22H22N2O7S2/c25-11-17(32)19(28)18(27)16(26)10-15-20(29)23-22(33)24(21(15)30)12-6-8-14(9-7-12)31-13-4-2-1-3-5-13/h1-10,16-19,25-28,32H,11H2,(H,23,29,33)/b15-10+/t16-,17-,18-,19-/m1/s1. The van der Waals surface area contributed by atoms with Crippen molar-refractivity contribution in [1.29, 1.82) is 0 Å². The molecule has 1 heterocycles. The fourth-order valence-corrected chi connectivity index (χ4v) is 3.46. The molecule has 0 radical (unpaired) electrons. The van der Waals surface area contributed by atoms with Crippen molar-refractivity contribution >= 4 is 47.5 Å². The minimum Gasteiger partial charge on any atom is -0.457 e. The quantitative estimate of drug-likeness (QED) is 0.136. The number of ether oxygens (including phenoxy) is 1. The molecule has 1 aliphatic rings. The van der Waals surface area contributed by atoms with Gasteiger partial charge >= 0.3 is 0 Å². The smallest absolute Gasteiger partial charge is 0.269 e. The number of aliphatic hydroxyl groups excluding tert-OH is 4. The van der Waals surface area contributed by atoms with Crippen molar-refractivity contribution in [1.82, 2.24) is 5.32 Å². The highest BCUT2D eigenvalue weighted by Crippen LogP contribution is 2.27. The molecular formula is C22H22N2O7S2. The first kappa shape index (κ1) is 24.8. The Morgan fingerprint density at radius 2 is 1.61 bits per heavy atom. The lowest BCUT2D eigenvalue weighted by Gasteiger charge is -2.30. The summed E-state index contributed by atoms with van der Waals surface area (Å²) in [5.74, 6) is -0.550. The Morgan fingerprint density at radius 1 is 1.00 bits per heavy atom. The molecule has 5 N–H and O–H groups in total. The van der Waals surface area contributed by atoms with Crippen LogP contribution in [0.15, 0.2) is 66.2 Å². The van der Waals surface area contributed by atoms with Gasteiger partial charge in [-0.15, -0.1) is 0 Å². The maximum Gasteiger partial charge on any atom is 0.269 e. The Kier molecular flexibility index (Phi) is 8.19. The van der Waals surface area contributed by atoms with Crippen LogP contribution in [0.1, 0.15) is 0 Å². The van der Waals surface area contributed by atoms with Gasteiger partial charge < -0.3 is 25.2 Å². The Balaban J connectivity index is 1.80. The Labute approximate surface area is 200 Å². The highest BCUT2D eigenvalue weighted by molar-refractivity contribution is 7.81. The van der Waals surface area contributed by atoms with Crippen LogP contribution in [0.5, 0.6) is 11.5 Å². The van der Waals surface area contributed by atoms with E-state index in [1.165, 1.54) is 0 Å². The zero-order valence-corrected chi connectivity index (χ0v) is 18.8. The number of para-hydroxylation sites is 1. The first-order chi connectivity index (χ1) is 15.7. The van der Waals surface area contributed by atoms with Gasteiger partial charge in [0.15, 0.2) is 5.11 Å². The van der Waals surface area contributed by atoms with Gasteiger partial charge in [-0.25, -0.2) is 0 Å². The molecule has 2 aromatic rings. The van der Waals surface area contributed by atoms with Crippen LogP contribution in [0.2, 0.25) is 0 Å². The molecule has 3 rings (SSSR count). The molecule has 33 heavy (non-hydrogen) atoms. The molecule has 1 saturated heterocycles. The van der Waals surface area contributed by atoms with Gasteiger partial charge in [0.2, 0.25) is 0 Å². The molecular weight excluding hydrogens is 468 g/mol. The molecule has 174 valence electrons. The van der Waals surface area contributed by atoms with Crippen LogP contribution in [-0.4, -0.2) is 67.5 Å². The van der Waals surface area contributed by atoms with Crippen LogP contribution in [0.25, 0.3) is 0 Å². The average molecular weight is 491 g/mol. The molecule has 4 atom stereocenters. The molecule has 1 aliphatic heterocycles. The monoisotopic (exact) mass is 490 g/mol. The maximum absolute atomic E-state index is 13.0. The lowest BCUT2D eigenvalue weighted by Crippen LogP contribution is -2.55. The number of aliphatic hydroxyl groups is 4. The summed E-state index contributed by atoms with van der Waals surface area (Å²) in [6.45, 7) is -0.559. The van der Waals surface area contributed by atoms with Gasteiger partial charge in [0.25, 0.3) is 11.8 Å². The highest BCUT2D eigenvalue weighted by Gasteiger charge is 2.36. The first-order valence-corrected chi connectivity index (χ1v) is 10.7. The van der Waals surface area contributed by atoms with E-state index in [-0.39, 0.29) is 5.11 Å². The molecule has 0 spiro atoms. The fraction of sp³-hybridized carbons (Fsp3) is 0.227. The SMILES string of the molecule is O=C1NC(=S)N(c2ccc(Oc3ccccc3)cc2)C(=O)/C1=C/[C@@H](O)[C@@H](O)[C@H](O)[C@H](S)CO. The molecule has 0 bridgehead atoms. The molecule has 1 fully saturated rings.